The van der Waals surface area contributed by atoms with Crippen LogP contribution < -0.4 is 20.3 Å². The molecule has 2 heterocycles. The molecular weight excluding hydrogens is 328 g/mol. The third-order valence-corrected chi connectivity index (χ3v) is 4.31. The summed E-state index contributed by atoms with van der Waals surface area (Å²) < 4.78 is 10.9. The molecule has 1 fully saturated rings. The first-order valence-electron chi connectivity index (χ1n) is 7.83. The van der Waals surface area contributed by atoms with Crippen molar-refractivity contribution in [1.29, 1.82) is 0 Å². The van der Waals surface area contributed by atoms with Crippen LogP contribution in [-0.2, 0) is 4.79 Å². The van der Waals surface area contributed by atoms with E-state index in [4.69, 9.17) is 10.5 Å². The number of piperidine rings is 1. The van der Waals surface area contributed by atoms with Gasteiger partial charge in [0.05, 0.1) is 12.4 Å². The molecule has 9 nitrogen and oxygen atoms in total. The van der Waals surface area contributed by atoms with Crippen LogP contribution in [0.25, 0.3) is 5.69 Å². The first-order valence-corrected chi connectivity index (χ1v) is 7.83. The van der Waals surface area contributed by atoms with E-state index < -0.39 is 11.9 Å². The number of carbonyl (C=O) groups is 2. The number of hydrogen-bond acceptors (Lipinski definition) is 6. The molecule has 0 bridgehead atoms. The number of likely N-dealkylation sites (tertiary alicyclic amines) is 1. The van der Waals surface area contributed by atoms with Gasteiger partial charge in [0.15, 0.2) is 5.95 Å². The lowest BCUT2D eigenvalue weighted by atomic mass is 9.96. The highest BCUT2D eigenvalue weighted by Gasteiger charge is 2.34. The molecule has 25 heavy (non-hydrogen) atoms. The van der Waals surface area contributed by atoms with E-state index in [2.05, 4.69) is 9.79 Å². The van der Waals surface area contributed by atoms with E-state index >= 15 is 0 Å². The standard InChI is InChI=1S/C16H18N4O5/c1-24-12-4-2-11(3-5-12)20-13(16(23)25-18-20)15(22)19-8-6-10(7-9-19)14(17)21/h2-5,10H,6-9H2,1H3,(H2-,17,18,21,22,23). The molecule has 0 unspecified atom stereocenters. The lowest BCUT2D eigenvalue weighted by molar-refractivity contribution is -0.672. The third-order valence-electron chi connectivity index (χ3n) is 4.31. The van der Waals surface area contributed by atoms with Crippen molar-refractivity contribution >= 4 is 11.8 Å². The van der Waals surface area contributed by atoms with E-state index in [1.807, 2.05) is 0 Å². The molecule has 132 valence electrons. The number of amides is 2. The smallest absolute Gasteiger partial charge is 0.327 e. The highest BCUT2D eigenvalue weighted by Crippen LogP contribution is 2.21. The van der Waals surface area contributed by atoms with E-state index in [0.717, 1.165) is 0 Å². The summed E-state index contributed by atoms with van der Waals surface area (Å²) in [5, 5.41) is 15.7. The monoisotopic (exact) mass is 346 g/mol. The van der Waals surface area contributed by atoms with E-state index in [-0.39, 0.29) is 17.5 Å². The van der Waals surface area contributed by atoms with Gasteiger partial charge in [-0.05, 0) is 29.7 Å². The summed E-state index contributed by atoms with van der Waals surface area (Å²) in [5.74, 6) is -1.26. The molecule has 1 aliphatic heterocycles. The summed E-state index contributed by atoms with van der Waals surface area (Å²) >= 11 is 0. The van der Waals surface area contributed by atoms with Gasteiger partial charge in [-0.3, -0.25) is 9.59 Å². The molecule has 0 spiro atoms. The Balaban J connectivity index is 1.84. The quantitative estimate of drug-likeness (QED) is 0.735. The van der Waals surface area contributed by atoms with E-state index in [0.29, 0.717) is 37.4 Å². The van der Waals surface area contributed by atoms with Crippen molar-refractivity contribution in [2.75, 3.05) is 20.2 Å². The van der Waals surface area contributed by atoms with Gasteiger partial charge < -0.3 is 25.0 Å². The fourth-order valence-electron chi connectivity index (χ4n) is 2.84. The van der Waals surface area contributed by atoms with E-state index in [1.54, 1.807) is 31.4 Å². The maximum atomic E-state index is 12.7. The van der Waals surface area contributed by atoms with Crippen LogP contribution in [0.15, 0.2) is 28.8 Å². The van der Waals surface area contributed by atoms with Crippen molar-refractivity contribution in [3.05, 3.63) is 30.0 Å². The number of ether oxygens (including phenoxy) is 1. The van der Waals surface area contributed by atoms with Gasteiger partial charge in [0.25, 0.3) is 0 Å². The fourth-order valence-corrected chi connectivity index (χ4v) is 2.84. The van der Waals surface area contributed by atoms with Crippen molar-refractivity contribution < 1.29 is 28.6 Å². The molecule has 9 heteroatoms. The zero-order valence-corrected chi connectivity index (χ0v) is 13.7. The molecule has 1 aromatic heterocycles. The van der Waals surface area contributed by atoms with Crippen LogP contribution in [0.4, 0.5) is 0 Å². The van der Waals surface area contributed by atoms with Crippen LogP contribution in [0.2, 0.25) is 0 Å². The zero-order valence-electron chi connectivity index (χ0n) is 13.7. The molecule has 2 N–H and O–H groups in total. The van der Waals surface area contributed by atoms with E-state index in [1.165, 1.54) is 9.58 Å². The third kappa shape index (κ3) is 3.25. The second-order valence-corrected chi connectivity index (χ2v) is 5.79. The molecule has 0 atom stereocenters. The van der Waals surface area contributed by atoms with Crippen molar-refractivity contribution in [3.63, 3.8) is 0 Å². The van der Waals surface area contributed by atoms with Crippen molar-refractivity contribution in [2.45, 2.75) is 12.8 Å². The molecule has 1 aromatic carbocycles. The number of nitrogens with two attached hydrogens (primary N) is 1. The SMILES string of the molecule is COc1ccc(-[n+]2noc([O-])c2C(=O)N2CCC(C(N)=O)CC2)cc1. The Morgan fingerprint density at radius 1 is 1.32 bits per heavy atom. The van der Waals surface area contributed by atoms with Gasteiger partial charge >= 0.3 is 11.6 Å². The van der Waals surface area contributed by atoms with Gasteiger partial charge in [-0.25, -0.2) is 0 Å². The number of nitrogens with zero attached hydrogens (tertiary/aromatic N) is 3. The predicted molar refractivity (Wildman–Crippen MR) is 81.9 cm³/mol. The summed E-state index contributed by atoms with van der Waals surface area (Å²) in [6.07, 6.45) is 0.951. The summed E-state index contributed by atoms with van der Waals surface area (Å²) in [6.45, 7) is 0.694. The predicted octanol–water partition coefficient (Wildman–Crippen LogP) is -0.629. The first-order chi connectivity index (χ1) is 12.0. The van der Waals surface area contributed by atoms with Gasteiger partial charge in [-0.2, -0.15) is 0 Å². The van der Waals surface area contributed by atoms with Crippen LogP contribution in [0, 0.1) is 5.92 Å². The van der Waals surface area contributed by atoms with Crippen molar-refractivity contribution in [1.82, 2.24) is 10.2 Å². The second kappa shape index (κ2) is 6.80. The first kappa shape index (κ1) is 16.7. The number of methoxy groups -OCH3 is 1. The lowest BCUT2D eigenvalue weighted by Gasteiger charge is -2.29. The largest absolute Gasteiger partial charge is 0.538 e. The van der Waals surface area contributed by atoms with E-state index in [9.17, 15) is 14.7 Å². The molecule has 0 radical (unpaired) electrons. The Kier molecular flexibility index (Phi) is 4.55. The minimum atomic E-state index is -0.808. The molecule has 1 aliphatic rings. The second-order valence-electron chi connectivity index (χ2n) is 5.79. The zero-order chi connectivity index (χ0) is 18.0. The summed E-state index contributed by atoms with van der Waals surface area (Å²) in [5.41, 5.74) is 5.62. The summed E-state index contributed by atoms with van der Waals surface area (Å²) in [4.78, 5) is 25.5. The molecule has 0 aliphatic carbocycles. The van der Waals surface area contributed by atoms with Crippen LogP contribution in [0.3, 0.4) is 0 Å². The molecule has 1 saturated heterocycles. The summed E-state index contributed by atoms with van der Waals surface area (Å²) in [7, 11) is 1.54. The molecule has 0 saturated carbocycles. The van der Waals surface area contributed by atoms with Gasteiger partial charge in [-0.1, -0.05) is 0 Å². The van der Waals surface area contributed by atoms with Gasteiger partial charge in [0.2, 0.25) is 11.6 Å². The Morgan fingerprint density at radius 2 is 1.96 bits per heavy atom. The minimum Gasteiger partial charge on any atom is -0.538 e. The van der Waals surface area contributed by atoms with Gasteiger partial charge in [-0.15, -0.1) is 0 Å². The summed E-state index contributed by atoms with van der Waals surface area (Å²) in [6, 6.07) is 6.70. The molecule has 2 aromatic rings. The molecule has 2 amide bonds. The van der Waals surface area contributed by atoms with Crippen LogP contribution in [0.5, 0.6) is 11.7 Å². The Hall–Kier alpha value is -3.10. The average Bonchev–Trinajstić information content (AvgIpc) is 3.02. The number of benzene rings is 1. The normalized spacial score (nSPS) is 15.2. The van der Waals surface area contributed by atoms with Gasteiger partial charge in [0, 0.05) is 31.1 Å². The number of aromatic nitrogens is 2. The number of primary amides is 1. The van der Waals surface area contributed by atoms with Crippen LogP contribution in [0.1, 0.15) is 23.3 Å². The Morgan fingerprint density at radius 3 is 2.52 bits per heavy atom. The Bertz CT molecular complexity index is 778. The van der Waals surface area contributed by atoms with Crippen LogP contribution in [-0.4, -0.2) is 42.2 Å². The Labute approximate surface area is 143 Å². The maximum absolute atomic E-state index is 12.7. The van der Waals surface area contributed by atoms with Gasteiger partial charge in [0.1, 0.15) is 5.75 Å². The number of hydrogen-bond donors (Lipinski definition) is 1. The minimum absolute atomic E-state index is 0.178. The lowest BCUT2D eigenvalue weighted by Crippen LogP contribution is -2.47. The highest BCUT2D eigenvalue weighted by atomic mass is 16.6. The number of carbonyl (C=O) groups excluding carboxylic acids is 2. The molecule has 3 rings (SSSR count). The highest BCUT2D eigenvalue weighted by molar-refractivity contribution is 5.92. The molecular formula is C16H18N4O5. The fraction of sp³-hybridized carbons (Fsp3) is 0.375. The van der Waals surface area contributed by atoms with Crippen LogP contribution >= 0.6 is 0 Å². The van der Waals surface area contributed by atoms with Crippen molar-refractivity contribution in [2.24, 2.45) is 11.7 Å². The number of rotatable bonds is 4. The maximum Gasteiger partial charge on any atom is 0.327 e. The topological polar surface area (TPSA) is 126 Å². The average molecular weight is 346 g/mol. The van der Waals surface area contributed by atoms with Crippen molar-refractivity contribution in [3.8, 4) is 17.4 Å².